The molecule has 0 aromatic heterocycles. The van der Waals surface area contributed by atoms with E-state index in [1.54, 1.807) is 12.1 Å². The molecule has 1 aliphatic heterocycles. The van der Waals surface area contributed by atoms with Gasteiger partial charge in [-0.15, -0.1) is 0 Å². The van der Waals surface area contributed by atoms with E-state index in [9.17, 15) is 9.90 Å². The van der Waals surface area contributed by atoms with Gasteiger partial charge in [0.15, 0.2) is 0 Å². The number of nitrogens with two attached hydrogens (primary N) is 2. The van der Waals surface area contributed by atoms with Crippen LogP contribution in [0.15, 0.2) is 18.2 Å². The van der Waals surface area contributed by atoms with Crippen LogP contribution >= 0.6 is 0 Å². The summed E-state index contributed by atoms with van der Waals surface area (Å²) < 4.78 is 0. The predicted octanol–water partition coefficient (Wildman–Crippen LogP) is 0.324. The lowest BCUT2D eigenvalue weighted by atomic mass is 10.1. The average Bonchev–Trinajstić information content (AvgIpc) is 2.61. The van der Waals surface area contributed by atoms with E-state index in [0.717, 1.165) is 18.5 Å². The zero-order valence-electron chi connectivity index (χ0n) is 10.5. The number of hydrogen-bond donors (Lipinski definition) is 3. The summed E-state index contributed by atoms with van der Waals surface area (Å²) in [6.07, 6.45) is 0.770. The molecule has 18 heavy (non-hydrogen) atoms. The number of primary amides is 1. The van der Waals surface area contributed by atoms with Crippen LogP contribution in [0.3, 0.4) is 0 Å². The van der Waals surface area contributed by atoms with Crippen molar-refractivity contribution in [2.75, 3.05) is 18.8 Å². The third-order valence-corrected chi connectivity index (χ3v) is 3.36. The summed E-state index contributed by atoms with van der Waals surface area (Å²) in [4.78, 5) is 13.2. The first-order valence-electron chi connectivity index (χ1n) is 6.00. The molecule has 1 aromatic carbocycles. The molecule has 0 aliphatic carbocycles. The molecule has 2 rings (SSSR count). The summed E-state index contributed by atoms with van der Waals surface area (Å²) >= 11 is 0. The van der Waals surface area contributed by atoms with Crippen LogP contribution in [0, 0.1) is 0 Å². The van der Waals surface area contributed by atoms with Crippen molar-refractivity contribution < 1.29 is 9.90 Å². The number of amides is 1. The molecule has 1 heterocycles. The number of likely N-dealkylation sites (tertiary alicyclic amines) is 1. The first kappa shape index (κ1) is 12.9. The normalized spacial score (nSPS) is 24.3. The Kier molecular flexibility index (Phi) is 3.28. The van der Waals surface area contributed by atoms with E-state index < -0.39 is 11.5 Å². The van der Waals surface area contributed by atoms with Gasteiger partial charge in [0.05, 0.1) is 5.60 Å². The Hall–Kier alpha value is -1.59. The minimum absolute atomic E-state index is 0.421. The fraction of sp³-hybridized carbons (Fsp3) is 0.462. The van der Waals surface area contributed by atoms with Crippen LogP contribution in [0.2, 0.25) is 0 Å². The van der Waals surface area contributed by atoms with Crippen molar-refractivity contribution in [3.8, 4) is 0 Å². The van der Waals surface area contributed by atoms with Crippen molar-refractivity contribution in [1.82, 2.24) is 4.90 Å². The van der Waals surface area contributed by atoms with Gasteiger partial charge in [0.2, 0.25) is 5.91 Å². The standard InChI is InChI=1S/C13H19N3O2/c1-13(18)4-5-16(8-13)7-10-3-2-9(12(15)17)6-11(10)14/h2-3,6,18H,4-5,7-8,14H2,1H3,(H2,15,17). The second-order valence-corrected chi connectivity index (χ2v) is 5.24. The lowest BCUT2D eigenvalue weighted by Gasteiger charge is -2.19. The number of anilines is 1. The topological polar surface area (TPSA) is 92.6 Å². The highest BCUT2D eigenvalue weighted by molar-refractivity contribution is 5.93. The quantitative estimate of drug-likeness (QED) is 0.673. The maximum absolute atomic E-state index is 11.0. The molecule has 1 atom stereocenters. The van der Waals surface area contributed by atoms with E-state index in [1.807, 2.05) is 13.0 Å². The maximum Gasteiger partial charge on any atom is 0.248 e. The predicted molar refractivity (Wildman–Crippen MR) is 69.9 cm³/mol. The molecular formula is C13H19N3O2. The van der Waals surface area contributed by atoms with Crippen molar-refractivity contribution in [1.29, 1.82) is 0 Å². The van der Waals surface area contributed by atoms with Gasteiger partial charge in [-0.1, -0.05) is 6.07 Å². The Bertz CT molecular complexity index is 471. The highest BCUT2D eigenvalue weighted by Gasteiger charge is 2.31. The number of benzene rings is 1. The summed E-state index contributed by atoms with van der Waals surface area (Å²) in [6, 6.07) is 5.11. The van der Waals surface area contributed by atoms with Gasteiger partial charge in [-0.2, -0.15) is 0 Å². The van der Waals surface area contributed by atoms with Crippen molar-refractivity contribution in [2.45, 2.75) is 25.5 Å². The maximum atomic E-state index is 11.0. The van der Waals surface area contributed by atoms with Crippen LogP contribution in [0.25, 0.3) is 0 Å². The molecular weight excluding hydrogens is 230 g/mol. The number of nitrogen functional groups attached to an aromatic ring is 1. The Morgan fingerprint density at radius 3 is 2.78 bits per heavy atom. The Morgan fingerprint density at radius 2 is 2.28 bits per heavy atom. The fourth-order valence-corrected chi connectivity index (χ4v) is 2.31. The molecule has 1 amide bonds. The van der Waals surface area contributed by atoms with E-state index in [4.69, 9.17) is 11.5 Å². The first-order valence-corrected chi connectivity index (χ1v) is 6.00. The third-order valence-electron chi connectivity index (χ3n) is 3.36. The summed E-state index contributed by atoms with van der Waals surface area (Å²) in [7, 11) is 0. The minimum Gasteiger partial charge on any atom is -0.398 e. The van der Waals surface area contributed by atoms with Crippen molar-refractivity contribution in [2.24, 2.45) is 5.73 Å². The van der Waals surface area contributed by atoms with Crippen LogP contribution in [0.5, 0.6) is 0 Å². The van der Waals surface area contributed by atoms with Crippen LogP contribution in [-0.4, -0.2) is 34.6 Å². The molecule has 1 saturated heterocycles. The van der Waals surface area contributed by atoms with E-state index in [-0.39, 0.29) is 0 Å². The van der Waals surface area contributed by atoms with Crippen molar-refractivity contribution in [3.63, 3.8) is 0 Å². The molecule has 0 spiro atoms. The number of β-amino-alcohol motifs (C(OH)–C–C–N with tert-alkyl or cyclic N) is 1. The van der Waals surface area contributed by atoms with Crippen LogP contribution in [0.1, 0.15) is 29.3 Å². The number of carbonyl (C=O) groups excluding carboxylic acids is 1. The van der Waals surface area contributed by atoms with Gasteiger partial charge in [0.1, 0.15) is 0 Å². The van der Waals surface area contributed by atoms with E-state index in [0.29, 0.717) is 24.3 Å². The Morgan fingerprint density at radius 1 is 1.56 bits per heavy atom. The molecule has 0 radical (unpaired) electrons. The first-order chi connectivity index (χ1) is 8.37. The molecule has 0 saturated carbocycles. The molecule has 1 unspecified atom stereocenters. The number of nitrogens with zero attached hydrogens (tertiary/aromatic N) is 1. The van der Waals surface area contributed by atoms with E-state index in [1.165, 1.54) is 0 Å². The van der Waals surface area contributed by atoms with E-state index >= 15 is 0 Å². The summed E-state index contributed by atoms with van der Waals surface area (Å²) in [5.74, 6) is -0.475. The molecule has 5 N–H and O–H groups in total. The zero-order chi connectivity index (χ0) is 13.3. The van der Waals surface area contributed by atoms with Gasteiger partial charge >= 0.3 is 0 Å². The summed E-state index contributed by atoms with van der Waals surface area (Å²) in [5, 5.41) is 9.89. The smallest absolute Gasteiger partial charge is 0.248 e. The number of carbonyl (C=O) groups is 1. The lowest BCUT2D eigenvalue weighted by molar-refractivity contribution is 0.0679. The van der Waals surface area contributed by atoms with Crippen LogP contribution in [-0.2, 0) is 6.54 Å². The minimum atomic E-state index is -0.609. The fourth-order valence-electron chi connectivity index (χ4n) is 2.31. The Labute approximate surface area is 106 Å². The second kappa shape index (κ2) is 4.59. The van der Waals surface area contributed by atoms with Crippen LogP contribution in [0.4, 0.5) is 5.69 Å². The highest BCUT2D eigenvalue weighted by Crippen LogP contribution is 2.24. The molecule has 5 nitrogen and oxygen atoms in total. The highest BCUT2D eigenvalue weighted by atomic mass is 16.3. The Balaban J connectivity index is 2.09. The van der Waals surface area contributed by atoms with Crippen molar-refractivity contribution >= 4 is 11.6 Å². The van der Waals surface area contributed by atoms with Crippen molar-refractivity contribution in [3.05, 3.63) is 29.3 Å². The van der Waals surface area contributed by atoms with Gasteiger partial charge in [-0.05, 0) is 31.0 Å². The summed E-state index contributed by atoms with van der Waals surface area (Å²) in [6.45, 7) is 4.02. The SMILES string of the molecule is CC1(O)CCN(Cc2ccc(C(N)=O)cc2N)C1. The third kappa shape index (κ3) is 2.80. The molecule has 5 heteroatoms. The lowest BCUT2D eigenvalue weighted by Crippen LogP contribution is -2.29. The second-order valence-electron chi connectivity index (χ2n) is 5.24. The number of aliphatic hydroxyl groups is 1. The van der Waals surface area contributed by atoms with Gasteiger partial charge in [0, 0.05) is 30.9 Å². The van der Waals surface area contributed by atoms with Gasteiger partial charge in [0.25, 0.3) is 0 Å². The van der Waals surface area contributed by atoms with Crippen LogP contribution < -0.4 is 11.5 Å². The van der Waals surface area contributed by atoms with Gasteiger partial charge in [-0.25, -0.2) is 0 Å². The van der Waals surface area contributed by atoms with Gasteiger partial charge < -0.3 is 16.6 Å². The molecule has 0 bridgehead atoms. The number of hydrogen-bond acceptors (Lipinski definition) is 4. The molecule has 1 aromatic rings. The summed E-state index contributed by atoms with van der Waals surface area (Å²) in [5.41, 5.74) is 12.4. The zero-order valence-corrected chi connectivity index (χ0v) is 10.5. The molecule has 1 aliphatic rings. The van der Waals surface area contributed by atoms with Gasteiger partial charge in [-0.3, -0.25) is 9.69 Å². The largest absolute Gasteiger partial charge is 0.398 e. The average molecular weight is 249 g/mol. The van der Waals surface area contributed by atoms with E-state index in [2.05, 4.69) is 4.90 Å². The molecule has 98 valence electrons. The number of rotatable bonds is 3. The molecule has 1 fully saturated rings. The monoisotopic (exact) mass is 249 g/mol.